The molecule has 0 aliphatic carbocycles. The molecule has 0 spiro atoms. The lowest BCUT2D eigenvalue weighted by Gasteiger charge is -2.25. The molecule has 0 saturated heterocycles. The van der Waals surface area contributed by atoms with Gasteiger partial charge in [-0.15, -0.1) is 5.10 Å². The smallest absolute Gasteiger partial charge is 0.244 e. The highest BCUT2D eigenvalue weighted by Crippen LogP contribution is 2.44. The SMILES string of the molecule is CCCc1[nH]nc2c1[C@H](c1ccnc3ccccc13)C(C#N)=C(N)O2. The van der Waals surface area contributed by atoms with Crippen LogP contribution in [0, 0.1) is 11.3 Å². The van der Waals surface area contributed by atoms with Gasteiger partial charge in [-0.3, -0.25) is 10.1 Å². The van der Waals surface area contributed by atoms with Gasteiger partial charge >= 0.3 is 0 Å². The number of para-hydroxylation sites is 1. The average molecular weight is 331 g/mol. The molecular weight excluding hydrogens is 314 g/mol. The van der Waals surface area contributed by atoms with Crippen LogP contribution in [0.4, 0.5) is 0 Å². The molecule has 3 aromatic rings. The molecule has 0 unspecified atom stereocenters. The van der Waals surface area contributed by atoms with Gasteiger partial charge < -0.3 is 10.5 Å². The monoisotopic (exact) mass is 331 g/mol. The number of H-pyrrole nitrogens is 1. The normalized spacial score (nSPS) is 16.4. The maximum Gasteiger partial charge on any atom is 0.244 e. The Kier molecular flexibility index (Phi) is 3.62. The number of hydrogen-bond acceptors (Lipinski definition) is 5. The number of aryl methyl sites for hydroxylation is 1. The number of nitrogens with zero attached hydrogens (tertiary/aromatic N) is 3. The second-order valence-corrected chi connectivity index (χ2v) is 6.01. The number of nitrogens with two attached hydrogens (primary N) is 1. The molecule has 1 aliphatic rings. The third-order valence-corrected chi connectivity index (χ3v) is 4.51. The van der Waals surface area contributed by atoms with Crippen molar-refractivity contribution in [3.63, 3.8) is 0 Å². The molecule has 0 amide bonds. The first-order chi connectivity index (χ1) is 12.2. The molecule has 3 heterocycles. The minimum atomic E-state index is -0.318. The highest BCUT2D eigenvalue weighted by atomic mass is 16.5. The third-order valence-electron chi connectivity index (χ3n) is 4.51. The second-order valence-electron chi connectivity index (χ2n) is 6.01. The first kappa shape index (κ1) is 15.2. The Balaban J connectivity index is 2.02. The van der Waals surface area contributed by atoms with E-state index in [2.05, 4.69) is 28.2 Å². The fraction of sp³-hybridized carbons (Fsp3) is 0.211. The number of aromatic amines is 1. The topological polar surface area (TPSA) is 101 Å². The largest absolute Gasteiger partial charge is 0.420 e. The molecule has 124 valence electrons. The van der Waals surface area contributed by atoms with Crippen LogP contribution in [0.25, 0.3) is 10.9 Å². The van der Waals surface area contributed by atoms with E-state index in [1.165, 1.54) is 0 Å². The van der Waals surface area contributed by atoms with Crippen molar-refractivity contribution in [2.24, 2.45) is 5.73 Å². The fourth-order valence-electron chi connectivity index (χ4n) is 3.43. The Morgan fingerprint density at radius 1 is 1.32 bits per heavy atom. The van der Waals surface area contributed by atoms with Gasteiger partial charge in [-0.2, -0.15) is 5.26 Å². The lowest BCUT2D eigenvalue weighted by molar-refractivity contribution is 0.379. The van der Waals surface area contributed by atoms with Crippen molar-refractivity contribution in [1.29, 1.82) is 5.26 Å². The number of hydrogen-bond donors (Lipinski definition) is 2. The highest BCUT2D eigenvalue weighted by molar-refractivity contribution is 5.84. The van der Waals surface area contributed by atoms with E-state index >= 15 is 0 Å². The van der Waals surface area contributed by atoms with E-state index in [0.29, 0.717) is 11.5 Å². The van der Waals surface area contributed by atoms with Crippen molar-refractivity contribution in [3.8, 4) is 11.9 Å². The summed E-state index contributed by atoms with van der Waals surface area (Å²) in [6.45, 7) is 2.10. The van der Waals surface area contributed by atoms with Gasteiger partial charge in [-0.1, -0.05) is 31.5 Å². The molecule has 1 aliphatic heterocycles. The summed E-state index contributed by atoms with van der Waals surface area (Å²) in [7, 11) is 0. The van der Waals surface area contributed by atoms with Crippen LogP contribution in [0.1, 0.15) is 36.1 Å². The van der Waals surface area contributed by atoms with Gasteiger partial charge in [-0.25, -0.2) is 0 Å². The maximum atomic E-state index is 9.74. The molecule has 2 aromatic heterocycles. The predicted molar refractivity (Wildman–Crippen MR) is 93.6 cm³/mol. The van der Waals surface area contributed by atoms with Crippen LogP contribution < -0.4 is 10.5 Å². The molecular formula is C19H17N5O. The number of nitriles is 1. The van der Waals surface area contributed by atoms with Gasteiger partial charge in [0.05, 0.1) is 11.4 Å². The van der Waals surface area contributed by atoms with E-state index in [1.54, 1.807) is 6.20 Å². The molecule has 1 aromatic carbocycles. The highest BCUT2D eigenvalue weighted by Gasteiger charge is 2.35. The van der Waals surface area contributed by atoms with Crippen LogP contribution in [-0.2, 0) is 6.42 Å². The molecule has 6 nitrogen and oxygen atoms in total. The van der Waals surface area contributed by atoms with Crippen LogP contribution in [0.5, 0.6) is 5.88 Å². The Labute approximate surface area is 144 Å². The molecule has 6 heteroatoms. The summed E-state index contributed by atoms with van der Waals surface area (Å²) < 4.78 is 5.60. The molecule has 25 heavy (non-hydrogen) atoms. The molecule has 4 rings (SSSR count). The van der Waals surface area contributed by atoms with E-state index in [0.717, 1.165) is 40.6 Å². The summed E-state index contributed by atoms with van der Waals surface area (Å²) in [5, 5.41) is 18.0. The number of fused-ring (bicyclic) bond motifs is 2. The number of nitrogens with one attached hydrogen (secondary N) is 1. The zero-order chi connectivity index (χ0) is 17.4. The van der Waals surface area contributed by atoms with E-state index in [9.17, 15) is 5.26 Å². The van der Waals surface area contributed by atoms with Gasteiger partial charge in [0.1, 0.15) is 11.6 Å². The number of rotatable bonds is 3. The van der Waals surface area contributed by atoms with Crippen LogP contribution in [0.15, 0.2) is 48.0 Å². The van der Waals surface area contributed by atoms with E-state index < -0.39 is 0 Å². The molecule has 0 radical (unpaired) electrons. The van der Waals surface area contributed by atoms with Gasteiger partial charge in [0, 0.05) is 22.8 Å². The van der Waals surface area contributed by atoms with Crippen molar-refractivity contribution in [2.45, 2.75) is 25.7 Å². The number of pyridine rings is 1. The van der Waals surface area contributed by atoms with Crippen molar-refractivity contribution < 1.29 is 4.74 Å². The first-order valence-electron chi connectivity index (χ1n) is 8.23. The van der Waals surface area contributed by atoms with Crippen molar-refractivity contribution >= 4 is 10.9 Å². The van der Waals surface area contributed by atoms with Gasteiger partial charge in [0.2, 0.25) is 11.8 Å². The van der Waals surface area contributed by atoms with E-state index in [-0.39, 0.29) is 11.8 Å². The summed E-state index contributed by atoms with van der Waals surface area (Å²) in [5.74, 6) is 0.239. The quantitative estimate of drug-likeness (QED) is 0.768. The number of allylic oxidation sites excluding steroid dienone is 1. The summed E-state index contributed by atoms with van der Waals surface area (Å²) in [6.07, 6.45) is 3.54. The van der Waals surface area contributed by atoms with Gasteiger partial charge in [0.15, 0.2) is 0 Å². The number of benzene rings is 1. The minimum Gasteiger partial charge on any atom is -0.420 e. The molecule has 3 N–H and O–H groups in total. The third kappa shape index (κ3) is 2.32. The van der Waals surface area contributed by atoms with Crippen LogP contribution in [0.3, 0.4) is 0 Å². The number of ether oxygens (including phenoxy) is 1. The Morgan fingerprint density at radius 2 is 2.16 bits per heavy atom. The van der Waals surface area contributed by atoms with Gasteiger partial charge in [0.25, 0.3) is 0 Å². The van der Waals surface area contributed by atoms with E-state index in [4.69, 9.17) is 10.5 Å². The summed E-state index contributed by atoms with van der Waals surface area (Å²) in [5.41, 5.74) is 10.2. The predicted octanol–water partition coefficient (Wildman–Crippen LogP) is 3.13. The summed E-state index contributed by atoms with van der Waals surface area (Å²) >= 11 is 0. The first-order valence-corrected chi connectivity index (χ1v) is 8.23. The van der Waals surface area contributed by atoms with E-state index in [1.807, 2.05) is 30.3 Å². The Morgan fingerprint density at radius 3 is 2.96 bits per heavy atom. The average Bonchev–Trinajstić information content (AvgIpc) is 3.03. The second kappa shape index (κ2) is 5.95. The number of aromatic nitrogens is 3. The van der Waals surface area contributed by atoms with Gasteiger partial charge in [-0.05, 0) is 24.1 Å². The summed E-state index contributed by atoms with van der Waals surface area (Å²) in [4.78, 5) is 4.42. The molecule has 0 fully saturated rings. The standard InChI is InChI=1S/C19H17N5O/c1-2-5-15-17-16(13(10-20)18(21)25-19(17)24-23-15)12-8-9-22-14-7-4-3-6-11(12)14/h3-4,6-9,16H,2,5,21H2,1H3,(H,23,24)/t16-/m1/s1. The van der Waals surface area contributed by atoms with Crippen molar-refractivity contribution in [3.05, 3.63) is 64.8 Å². The molecule has 0 saturated carbocycles. The lowest BCUT2D eigenvalue weighted by Crippen LogP contribution is -2.21. The molecule has 1 atom stereocenters. The summed E-state index contributed by atoms with van der Waals surface area (Å²) in [6, 6.07) is 12.1. The minimum absolute atomic E-state index is 0.107. The maximum absolute atomic E-state index is 9.74. The Hall–Kier alpha value is -3.33. The lowest BCUT2D eigenvalue weighted by atomic mass is 9.82. The van der Waals surface area contributed by atoms with Crippen LogP contribution in [-0.4, -0.2) is 15.2 Å². The molecule has 0 bridgehead atoms. The van der Waals surface area contributed by atoms with Crippen LogP contribution >= 0.6 is 0 Å². The zero-order valence-electron chi connectivity index (χ0n) is 13.8. The fourth-order valence-corrected chi connectivity index (χ4v) is 3.43. The van der Waals surface area contributed by atoms with Crippen molar-refractivity contribution in [1.82, 2.24) is 15.2 Å². The van der Waals surface area contributed by atoms with Crippen LogP contribution in [0.2, 0.25) is 0 Å². The van der Waals surface area contributed by atoms with Crippen molar-refractivity contribution in [2.75, 3.05) is 0 Å². The zero-order valence-corrected chi connectivity index (χ0v) is 13.8. The Bertz CT molecular complexity index is 1020.